The van der Waals surface area contributed by atoms with Crippen molar-refractivity contribution in [3.8, 4) is 0 Å². The Hall–Kier alpha value is -1.84. The molecule has 114 valence electrons. The van der Waals surface area contributed by atoms with Crippen LogP contribution in [0.3, 0.4) is 0 Å². The van der Waals surface area contributed by atoms with E-state index in [9.17, 15) is 9.18 Å². The molecule has 1 aliphatic heterocycles. The first-order chi connectivity index (χ1) is 9.76. The van der Waals surface area contributed by atoms with Gasteiger partial charge in [0.15, 0.2) is 0 Å². The molecular weight excluding hydrogens is 269 g/mol. The molecule has 1 heterocycles. The lowest BCUT2D eigenvalue weighted by molar-refractivity contribution is 0.0340. The van der Waals surface area contributed by atoms with Crippen LogP contribution < -0.4 is 0 Å². The first kappa shape index (κ1) is 15.5. The number of hydrogen-bond donors (Lipinski definition) is 0. The second-order valence-electron chi connectivity index (χ2n) is 6.37. The predicted molar refractivity (Wildman–Crippen MR) is 81.3 cm³/mol. The molecule has 0 aromatic heterocycles. The Labute approximate surface area is 125 Å². The molecule has 0 bridgehead atoms. The molecule has 1 amide bonds. The summed E-state index contributed by atoms with van der Waals surface area (Å²) in [6.45, 7) is 8.10. The molecule has 4 heteroatoms. The number of halogens is 1. The van der Waals surface area contributed by atoms with Crippen LogP contribution in [0.2, 0.25) is 0 Å². The van der Waals surface area contributed by atoms with Crippen LogP contribution >= 0.6 is 0 Å². The number of hydrogen-bond acceptors (Lipinski definition) is 2. The summed E-state index contributed by atoms with van der Waals surface area (Å²) in [5, 5.41) is 0. The lowest BCUT2D eigenvalue weighted by atomic mass is 10.1. The minimum absolute atomic E-state index is 0.245. The maximum absolute atomic E-state index is 13.1. The second kappa shape index (κ2) is 5.88. The molecule has 0 unspecified atom stereocenters. The van der Waals surface area contributed by atoms with Gasteiger partial charge in [-0.3, -0.25) is 4.90 Å². The zero-order valence-electron chi connectivity index (χ0n) is 13.1. The first-order valence-corrected chi connectivity index (χ1v) is 7.23. The molecule has 0 radical (unpaired) electrons. The molecule has 21 heavy (non-hydrogen) atoms. The van der Waals surface area contributed by atoms with Crippen molar-refractivity contribution in [1.29, 1.82) is 0 Å². The minimum atomic E-state index is -0.503. The van der Waals surface area contributed by atoms with Gasteiger partial charge in [-0.1, -0.05) is 6.07 Å². The zero-order valence-corrected chi connectivity index (χ0v) is 13.1. The molecule has 2 rings (SSSR count). The molecule has 0 N–H and O–H groups in total. The van der Waals surface area contributed by atoms with Crippen LogP contribution in [-0.4, -0.2) is 23.1 Å². The van der Waals surface area contributed by atoms with Crippen LogP contribution in [0, 0.1) is 12.7 Å². The van der Waals surface area contributed by atoms with E-state index in [0.717, 1.165) is 29.7 Å². The van der Waals surface area contributed by atoms with Gasteiger partial charge in [0, 0.05) is 12.2 Å². The average Bonchev–Trinajstić information content (AvgIpc) is 2.79. The van der Waals surface area contributed by atoms with Crippen LogP contribution in [0.4, 0.5) is 9.18 Å². The first-order valence-electron chi connectivity index (χ1n) is 7.23. The molecule has 0 atom stereocenters. The highest BCUT2D eigenvalue weighted by Crippen LogP contribution is 2.26. The largest absolute Gasteiger partial charge is 0.443 e. The van der Waals surface area contributed by atoms with Crippen LogP contribution in [0.15, 0.2) is 23.9 Å². The van der Waals surface area contributed by atoms with E-state index in [2.05, 4.69) is 0 Å². The van der Waals surface area contributed by atoms with E-state index in [4.69, 9.17) is 4.74 Å². The summed E-state index contributed by atoms with van der Waals surface area (Å²) in [5.74, 6) is -0.245. The van der Waals surface area contributed by atoms with Crippen molar-refractivity contribution in [2.75, 3.05) is 6.54 Å². The Morgan fingerprint density at radius 2 is 2.10 bits per heavy atom. The molecule has 1 fully saturated rings. The van der Waals surface area contributed by atoms with Gasteiger partial charge >= 0.3 is 6.09 Å². The molecule has 1 aromatic rings. The number of allylic oxidation sites excluding steroid dienone is 1. The smallest absolute Gasteiger partial charge is 0.414 e. The third-order valence-electron chi connectivity index (χ3n) is 3.33. The van der Waals surface area contributed by atoms with Crippen molar-refractivity contribution >= 4 is 12.2 Å². The van der Waals surface area contributed by atoms with Crippen molar-refractivity contribution in [2.24, 2.45) is 0 Å². The van der Waals surface area contributed by atoms with E-state index in [1.54, 1.807) is 11.0 Å². The topological polar surface area (TPSA) is 29.5 Å². The van der Waals surface area contributed by atoms with E-state index in [0.29, 0.717) is 6.54 Å². The SMILES string of the molecule is Cc1cc(F)ccc1/C=C1\CCCN1C(=O)OC(C)(C)C. The van der Waals surface area contributed by atoms with Crippen LogP contribution in [-0.2, 0) is 4.74 Å². The Kier molecular flexibility index (Phi) is 4.35. The van der Waals surface area contributed by atoms with Gasteiger partial charge in [0.05, 0.1) is 0 Å². The molecule has 0 spiro atoms. The number of ether oxygens (including phenoxy) is 1. The fourth-order valence-corrected chi connectivity index (χ4v) is 2.35. The fraction of sp³-hybridized carbons (Fsp3) is 0.471. The van der Waals surface area contributed by atoms with Crippen molar-refractivity contribution < 1.29 is 13.9 Å². The quantitative estimate of drug-likeness (QED) is 0.762. The van der Waals surface area contributed by atoms with Gasteiger partial charge < -0.3 is 4.74 Å². The number of nitrogens with zero attached hydrogens (tertiary/aromatic N) is 1. The number of benzene rings is 1. The molecule has 0 aliphatic carbocycles. The highest BCUT2D eigenvalue weighted by Gasteiger charge is 2.28. The van der Waals surface area contributed by atoms with Crippen molar-refractivity contribution in [2.45, 2.75) is 46.1 Å². The highest BCUT2D eigenvalue weighted by atomic mass is 19.1. The Morgan fingerprint density at radius 1 is 1.38 bits per heavy atom. The standard InChI is InChI=1S/C17H22FNO2/c1-12-10-14(18)8-7-13(12)11-15-6-5-9-19(15)16(20)21-17(2,3)4/h7-8,10-11H,5-6,9H2,1-4H3/b15-11+. The van der Waals surface area contributed by atoms with Gasteiger partial charge in [0.25, 0.3) is 0 Å². The summed E-state index contributed by atoms with van der Waals surface area (Å²) < 4.78 is 18.6. The van der Waals surface area contributed by atoms with Crippen molar-refractivity contribution in [3.05, 3.63) is 40.8 Å². The molecular formula is C17H22FNO2. The van der Waals surface area contributed by atoms with Gasteiger partial charge in [-0.25, -0.2) is 9.18 Å². The Balaban J connectivity index is 2.21. The van der Waals surface area contributed by atoms with Crippen LogP contribution in [0.5, 0.6) is 0 Å². The summed E-state index contributed by atoms with van der Waals surface area (Å²) in [7, 11) is 0. The van der Waals surface area contributed by atoms with Gasteiger partial charge in [-0.2, -0.15) is 0 Å². The molecule has 1 aliphatic rings. The average molecular weight is 291 g/mol. The van der Waals surface area contributed by atoms with E-state index >= 15 is 0 Å². The zero-order chi connectivity index (χ0) is 15.6. The highest BCUT2D eigenvalue weighted by molar-refractivity contribution is 5.73. The van der Waals surface area contributed by atoms with Gasteiger partial charge in [-0.05, 0) is 69.9 Å². The van der Waals surface area contributed by atoms with Crippen molar-refractivity contribution in [3.63, 3.8) is 0 Å². The Bertz CT molecular complexity index is 573. The maximum Gasteiger partial charge on any atom is 0.414 e. The minimum Gasteiger partial charge on any atom is -0.443 e. The van der Waals surface area contributed by atoms with E-state index < -0.39 is 5.60 Å². The molecule has 1 aromatic carbocycles. The molecule has 1 saturated heterocycles. The summed E-state index contributed by atoms with van der Waals surface area (Å²) in [6.07, 6.45) is 3.39. The lowest BCUT2D eigenvalue weighted by Gasteiger charge is -2.25. The predicted octanol–water partition coefficient (Wildman–Crippen LogP) is 4.51. The third kappa shape index (κ3) is 4.06. The number of rotatable bonds is 1. The van der Waals surface area contributed by atoms with E-state index in [1.807, 2.05) is 33.8 Å². The van der Waals surface area contributed by atoms with Gasteiger partial charge in [-0.15, -0.1) is 0 Å². The molecule has 0 saturated carbocycles. The number of amides is 1. The molecule has 3 nitrogen and oxygen atoms in total. The van der Waals surface area contributed by atoms with Crippen LogP contribution in [0.1, 0.15) is 44.7 Å². The fourth-order valence-electron chi connectivity index (χ4n) is 2.35. The Morgan fingerprint density at radius 3 is 2.71 bits per heavy atom. The summed E-state index contributed by atoms with van der Waals surface area (Å²) in [5.41, 5.74) is 2.22. The van der Waals surface area contributed by atoms with Crippen molar-refractivity contribution in [1.82, 2.24) is 4.90 Å². The van der Waals surface area contributed by atoms with Crippen LogP contribution in [0.25, 0.3) is 6.08 Å². The monoisotopic (exact) mass is 291 g/mol. The van der Waals surface area contributed by atoms with Gasteiger partial charge in [0.2, 0.25) is 0 Å². The second-order valence-corrected chi connectivity index (χ2v) is 6.37. The number of aryl methyl sites for hydroxylation is 1. The summed E-state index contributed by atoms with van der Waals surface area (Å²) in [6, 6.07) is 4.68. The van der Waals surface area contributed by atoms with E-state index in [-0.39, 0.29) is 11.9 Å². The number of likely N-dealkylation sites (tertiary alicyclic amines) is 1. The number of carbonyl (C=O) groups excluding carboxylic acids is 1. The normalized spacial score (nSPS) is 17.4. The number of carbonyl (C=O) groups is 1. The van der Waals surface area contributed by atoms with Gasteiger partial charge in [0.1, 0.15) is 11.4 Å². The summed E-state index contributed by atoms with van der Waals surface area (Å²) in [4.78, 5) is 13.9. The summed E-state index contributed by atoms with van der Waals surface area (Å²) >= 11 is 0. The lowest BCUT2D eigenvalue weighted by Crippen LogP contribution is -2.34. The third-order valence-corrected chi connectivity index (χ3v) is 3.33. The maximum atomic E-state index is 13.1. The van der Waals surface area contributed by atoms with E-state index in [1.165, 1.54) is 12.1 Å².